The Bertz CT molecular complexity index is 444. The van der Waals surface area contributed by atoms with Crippen LogP contribution in [0.2, 0.25) is 0 Å². The van der Waals surface area contributed by atoms with Crippen LogP contribution < -0.4 is 5.73 Å². The minimum absolute atomic E-state index is 0.0736. The average molecular weight is 283 g/mol. The number of carboxylic acid groups (broad SMARTS) is 1. The number of nitrogens with two attached hydrogens (primary N) is 1. The molecule has 8 nitrogen and oxygen atoms in total. The van der Waals surface area contributed by atoms with Crippen LogP contribution >= 0.6 is 0 Å². The number of rotatable bonds is 6. The molecule has 1 unspecified atom stereocenters. The number of carboxylic acids is 1. The van der Waals surface area contributed by atoms with Crippen LogP contribution in [0.4, 0.5) is 0 Å². The third-order valence-corrected chi connectivity index (χ3v) is 3.48. The van der Waals surface area contributed by atoms with Crippen LogP contribution in [-0.4, -0.2) is 64.3 Å². The Labute approximate surface area is 115 Å². The van der Waals surface area contributed by atoms with Crippen LogP contribution in [0.3, 0.4) is 0 Å². The Kier molecular flexibility index (Phi) is 3.91. The Hall–Kier alpha value is -2.12. The van der Waals surface area contributed by atoms with Gasteiger partial charge in [-0.2, -0.15) is 0 Å². The van der Waals surface area contributed by atoms with Crippen molar-refractivity contribution in [3.05, 3.63) is 0 Å². The van der Waals surface area contributed by atoms with Crippen LogP contribution in [0.25, 0.3) is 0 Å². The van der Waals surface area contributed by atoms with Gasteiger partial charge < -0.3 is 20.6 Å². The summed E-state index contributed by atoms with van der Waals surface area (Å²) in [5.41, 5.74) is 5.02. The quantitative estimate of drug-likeness (QED) is 0.608. The smallest absolute Gasteiger partial charge is 0.323 e. The summed E-state index contributed by atoms with van der Waals surface area (Å²) in [7, 11) is 0. The molecule has 2 rings (SSSR count). The summed E-state index contributed by atoms with van der Waals surface area (Å²) in [5.74, 6) is -3.16. The first kappa shape index (κ1) is 14.3. The first-order valence-electron chi connectivity index (χ1n) is 6.47. The number of primary amides is 1. The van der Waals surface area contributed by atoms with Gasteiger partial charge in [0, 0.05) is 19.0 Å². The molecule has 2 aliphatic rings. The molecular weight excluding hydrogens is 266 g/mol. The van der Waals surface area contributed by atoms with Crippen LogP contribution in [0.5, 0.6) is 0 Å². The Balaban J connectivity index is 2.01. The van der Waals surface area contributed by atoms with E-state index in [1.54, 1.807) is 4.90 Å². The van der Waals surface area contributed by atoms with E-state index < -0.39 is 36.8 Å². The minimum Gasteiger partial charge on any atom is -0.480 e. The summed E-state index contributed by atoms with van der Waals surface area (Å²) in [4.78, 5) is 48.2. The lowest BCUT2D eigenvalue weighted by Crippen LogP contribution is -2.45. The van der Waals surface area contributed by atoms with Gasteiger partial charge in [-0.25, -0.2) is 0 Å². The fourth-order valence-corrected chi connectivity index (χ4v) is 2.46. The van der Waals surface area contributed by atoms with Crippen molar-refractivity contribution in [1.82, 2.24) is 9.80 Å². The highest BCUT2D eigenvalue weighted by Gasteiger charge is 2.43. The first-order valence-corrected chi connectivity index (χ1v) is 6.47. The van der Waals surface area contributed by atoms with E-state index >= 15 is 0 Å². The molecule has 1 saturated carbocycles. The van der Waals surface area contributed by atoms with Gasteiger partial charge in [0.1, 0.15) is 6.54 Å². The van der Waals surface area contributed by atoms with Crippen molar-refractivity contribution in [3.63, 3.8) is 0 Å². The lowest BCUT2D eigenvalue weighted by atomic mass is 10.1. The van der Waals surface area contributed by atoms with Gasteiger partial charge in [-0.3, -0.25) is 19.2 Å². The van der Waals surface area contributed by atoms with Gasteiger partial charge in [-0.15, -0.1) is 0 Å². The second-order valence-electron chi connectivity index (χ2n) is 5.23. The molecular formula is C12H17N3O5. The molecule has 0 aromatic carbocycles. The molecule has 1 saturated heterocycles. The van der Waals surface area contributed by atoms with Gasteiger partial charge in [-0.1, -0.05) is 0 Å². The Morgan fingerprint density at radius 3 is 2.45 bits per heavy atom. The van der Waals surface area contributed by atoms with Gasteiger partial charge in [0.15, 0.2) is 0 Å². The number of carbonyl (C=O) groups is 4. The monoisotopic (exact) mass is 283 g/mol. The molecule has 1 aliphatic carbocycles. The van der Waals surface area contributed by atoms with E-state index in [0.717, 1.165) is 17.7 Å². The SMILES string of the molecule is NC(=O)CN(CC(=O)O)C(=O)C1CC(=O)N(C2CC2)C1. The third-order valence-electron chi connectivity index (χ3n) is 3.48. The number of carbonyl (C=O) groups excluding carboxylic acids is 3. The van der Waals surface area contributed by atoms with Crippen molar-refractivity contribution < 1.29 is 24.3 Å². The second kappa shape index (κ2) is 5.48. The molecule has 8 heteroatoms. The maximum atomic E-state index is 12.2. The molecule has 3 amide bonds. The number of amides is 3. The van der Waals surface area contributed by atoms with Crippen molar-refractivity contribution in [2.24, 2.45) is 11.7 Å². The molecule has 0 radical (unpaired) electrons. The van der Waals surface area contributed by atoms with Crippen molar-refractivity contribution in [2.45, 2.75) is 25.3 Å². The van der Waals surface area contributed by atoms with Crippen molar-refractivity contribution in [1.29, 1.82) is 0 Å². The molecule has 1 aliphatic heterocycles. The van der Waals surface area contributed by atoms with Crippen LogP contribution in [0.15, 0.2) is 0 Å². The molecule has 1 heterocycles. The zero-order valence-corrected chi connectivity index (χ0v) is 10.9. The van der Waals surface area contributed by atoms with Crippen LogP contribution in [0.1, 0.15) is 19.3 Å². The molecule has 0 spiro atoms. The maximum absolute atomic E-state index is 12.2. The topological polar surface area (TPSA) is 121 Å². The standard InChI is InChI=1S/C12H17N3O5/c13-9(16)5-14(6-11(18)19)12(20)7-3-10(17)15(4-7)8-1-2-8/h7-8H,1-6H2,(H2,13,16)(H,18,19). The molecule has 0 aromatic rings. The van der Waals surface area contributed by atoms with Gasteiger partial charge >= 0.3 is 5.97 Å². The molecule has 20 heavy (non-hydrogen) atoms. The van der Waals surface area contributed by atoms with Crippen molar-refractivity contribution in [2.75, 3.05) is 19.6 Å². The zero-order chi connectivity index (χ0) is 14.9. The van der Waals surface area contributed by atoms with Crippen molar-refractivity contribution in [3.8, 4) is 0 Å². The fourth-order valence-electron chi connectivity index (χ4n) is 2.46. The van der Waals surface area contributed by atoms with Gasteiger partial charge in [-0.05, 0) is 12.8 Å². The Morgan fingerprint density at radius 2 is 1.95 bits per heavy atom. The molecule has 3 N–H and O–H groups in total. The fraction of sp³-hybridized carbons (Fsp3) is 0.667. The van der Waals surface area contributed by atoms with E-state index in [-0.39, 0.29) is 18.4 Å². The average Bonchev–Trinajstić information content (AvgIpc) is 3.10. The molecule has 110 valence electrons. The van der Waals surface area contributed by atoms with Gasteiger partial charge in [0.05, 0.1) is 12.5 Å². The minimum atomic E-state index is -1.22. The predicted octanol–water partition coefficient (Wildman–Crippen LogP) is -1.60. The van der Waals surface area contributed by atoms with E-state index in [4.69, 9.17) is 10.8 Å². The summed E-state index contributed by atoms with van der Waals surface area (Å²) in [5, 5.41) is 8.77. The largest absolute Gasteiger partial charge is 0.480 e. The molecule has 0 aromatic heterocycles. The zero-order valence-electron chi connectivity index (χ0n) is 10.9. The summed E-state index contributed by atoms with van der Waals surface area (Å²) in [6.45, 7) is -0.730. The van der Waals surface area contributed by atoms with E-state index in [1.807, 2.05) is 0 Å². The van der Waals surface area contributed by atoms with Crippen molar-refractivity contribution >= 4 is 23.7 Å². The highest BCUT2D eigenvalue weighted by Crippen LogP contribution is 2.33. The van der Waals surface area contributed by atoms with E-state index in [1.165, 1.54) is 0 Å². The maximum Gasteiger partial charge on any atom is 0.323 e. The number of nitrogens with zero attached hydrogens (tertiary/aromatic N) is 2. The summed E-state index contributed by atoms with van der Waals surface area (Å²) in [6, 6.07) is 0.226. The predicted molar refractivity (Wildman–Crippen MR) is 66.3 cm³/mol. The first-order chi connectivity index (χ1) is 9.38. The highest BCUT2D eigenvalue weighted by atomic mass is 16.4. The lowest BCUT2D eigenvalue weighted by Gasteiger charge is -2.22. The van der Waals surface area contributed by atoms with Gasteiger partial charge in [0.2, 0.25) is 17.7 Å². The number of likely N-dealkylation sites (tertiary alicyclic amines) is 1. The normalized spacial score (nSPS) is 21.9. The van der Waals surface area contributed by atoms with E-state index in [0.29, 0.717) is 6.54 Å². The van der Waals surface area contributed by atoms with Crippen LogP contribution in [0, 0.1) is 5.92 Å². The number of hydrogen-bond donors (Lipinski definition) is 2. The van der Waals surface area contributed by atoms with Crippen LogP contribution in [-0.2, 0) is 19.2 Å². The summed E-state index contributed by atoms with van der Waals surface area (Å²) in [6.07, 6.45) is 1.98. The number of hydrogen-bond acceptors (Lipinski definition) is 4. The van der Waals surface area contributed by atoms with Gasteiger partial charge in [0.25, 0.3) is 0 Å². The molecule has 2 fully saturated rings. The summed E-state index contributed by atoms with van der Waals surface area (Å²) < 4.78 is 0. The molecule has 0 bridgehead atoms. The second-order valence-corrected chi connectivity index (χ2v) is 5.23. The third kappa shape index (κ3) is 3.25. The van der Waals surface area contributed by atoms with E-state index in [2.05, 4.69) is 0 Å². The molecule has 1 atom stereocenters. The Morgan fingerprint density at radius 1 is 1.30 bits per heavy atom. The number of aliphatic carboxylic acids is 1. The lowest BCUT2D eigenvalue weighted by molar-refractivity contribution is -0.147. The highest BCUT2D eigenvalue weighted by molar-refractivity contribution is 5.93. The summed E-state index contributed by atoms with van der Waals surface area (Å²) >= 11 is 0. The van der Waals surface area contributed by atoms with E-state index in [9.17, 15) is 19.2 Å².